The number of hydrogen-bond donors (Lipinski definition) is 1. The van der Waals surface area contributed by atoms with Gasteiger partial charge < -0.3 is 10.2 Å². The molecule has 0 bridgehead atoms. The predicted octanol–water partition coefficient (Wildman–Crippen LogP) is 5.81. The summed E-state index contributed by atoms with van der Waals surface area (Å²) < 4.78 is 0. The Morgan fingerprint density at radius 2 is 1.65 bits per heavy atom. The number of carbonyl (C=O) groups is 2. The van der Waals surface area contributed by atoms with Crippen LogP contribution in [-0.4, -0.2) is 29.3 Å². The van der Waals surface area contributed by atoms with E-state index in [1.165, 1.54) is 5.56 Å². The minimum absolute atomic E-state index is 0.0572. The van der Waals surface area contributed by atoms with Gasteiger partial charge in [-0.3, -0.25) is 9.59 Å². The van der Waals surface area contributed by atoms with Gasteiger partial charge in [0.25, 0.3) is 0 Å². The Morgan fingerprint density at radius 3 is 2.23 bits per heavy atom. The van der Waals surface area contributed by atoms with Crippen LogP contribution in [-0.2, 0) is 22.6 Å². The summed E-state index contributed by atoms with van der Waals surface area (Å²) in [5, 5.41) is 3.87. The number of carbonyl (C=O) groups excluding carboxylic acids is 2. The maximum absolute atomic E-state index is 13.3. The van der Waals surface area contributed by atoms with Crippen molar-refractivity contribution in [2.75, 3.05) is 6.54 Å². The van der Waals surface area contributed by atoms with Crippen LogP contribution < -0.4 is 5.32 Å². The van der Waals surface area contributed by atoms with E-state index in [2.05, 4.69) is 5.32 Å². The molecule has 6 heteroatoms. The summed E-state index contributed by atoms with van der Waals surface area (Å²) in [5.41, 5.74) is 3.13. The first-order valence-electron chi connectivity index (χ1n) is 10.8. The summed E-state index contributed by atoms with van der Waals surface area (Å²) in [7, 11) is 0. The van der Waals surface area contributed by atoms with Gasteiger partial charge in [0.15, 0.2) is 0 Å². The predicted molar refractivity (Wildman–Crippen MR) is 128 cm³/mol. The highest BCUT2D eigenvalue weighted by Crippen LogP contribution is 2.24. The maximum Gasteiger partial charge on any atom is 0.242 e. The van der Waals surface area contributed by atoms with Gasteiger partial charge >= 0.3 is 0 Å². The Balaban J connectivity index is 2.21. The van der Waals surface area contributed by atoms with Gasteiger partial charge in [-0.05, 0) is 48.9 Å². The Kier molecular flexibility index (Phi) is 9.86. The van der Waals surface area contributed by atoms with Gasteiger partial charge in [-0.2, -0.15) is 0 Å². The third-order valence-electron chi connectivity index (χ3n) is 5.16. The first kappa shape index (κ1) is 25.2. The van der Waals surface area contributed by atoms with Crippen LogP contribution in [0.4, 0.5) is 0 Å². The molecule has 1 N–H and O–H groups in total. The summed E-state index contributed by atoms with van der Waals surface area (Å²) >= 11 is 12.2. The molecule has 168 valence electrons. The number of nitrogens with one attached hydrogen (secondary N) is 1. The number of benzene rings is 2. The highest BCUT2D eigenvalue weighted by atomic mass is 35.5. The lowest BCUT2D eigenvalue weighted by molar-refractivity contribution is -0.141. The molecule has 2 amide bonds. The molecule has 0 fully saturated rings. The second-order valence-corrected chi connectivity index (χ2v) is 9.13. The maximum atomic E-state index is 13.3. The van der Waals surface area contributed by atoms with Gasteiger partial charge in [0.2, 0.25) is 11.8 Å². The smallest absolute Gasteiger partial charge is 0.242 e. The highest BCUT2D eigenvalue weighted by molar-refractivity contribution is 6.42. The van der Waals surface area contributed by atoms with E-state index < -0.39 is 6.04 Å². The van der Waals surface area contributed by atoms with Crippen molar-refractivity contribution < 1.29 is 9.59 Å². The Bertz CT molecular complexity index is 882. The molecule has 2 aromatic rings. The topological polar surface area (TPSA) is 49.4 Å². The average Bonchev–Trinajstić information content (AvgIpc) is 2.74. The van der Waals surface area contributed by atoms with E-state index in [-0.39, 0.29) is 11.8 Å². The summed E-state index contributed by atoms with van der Waals surface area (Å²) in [6, 6.07) is 12.9. The zero-order valence-electron chi connectivity index (χ0n) is 18.8. The SMILES string of the molecule is CC[C@@H](C(=O)NCC(C)C)N(Cc1ccc(Cl)c(Cl)c1)C(=O)CCc1ccc(C)cc1. The van der Waals surface area contributed by atoms with E-state index in [0.29, 0.717) is 48.3 Å². The molecule has 0 heterocycles. The molecule has 2 aromatic carbocycles. The summed E-state index contributed by atoms with van der Waals surface area (Å²) in [5.74, 6) is 0.153. The number of rotatable bonds is 10. The van der Waals surface area contributed by atoms with Crippen LogP contribution >= 0.6 is 23.2 Å². The van der Waals surface area contributed by atoms with E-state index in [4.69, 9.17) is 23.2 Å². The molecule has 1 atom stereocenters. The molecule has 0 saturated heterocycles. The third-order valence-corrected chi connectivity index (χ3v) is 5.89. The molecule has 2 rings (SSSR count). The van der Waals surface area contributed by atoms with Crippen molar-refractivity contribution in [2.45, 2.75) is 59.5 Å². The van der Waals surface area contributed by atoms with Crippen LogP contribution in [0.3, 0.4) is 0 Å². The molecule has 0 aliphatic heterocycles. The lowest BCUT2D eigenvalue weighted by Gasteiger charge is -2.31. The molecule has 0 saturated carbocycles. The highest BCUT2D eigenvalue weighted by Gasteiger charge is 2.28. The number of halogens is 2. The van der Waals surface area contributed by atoms with Crippen LogP contribution in [0, 0.1) is 12.8 Å². The fourth-order valence-electron chi connectivity index (χ4n) is 3.33. The van der Waals surface area contributed by atoms with Crippen molar-refractivity contribution in [3.63, 3.8) is 0 Å². The van der Waals surface area contributed by atoms with E-state index in [1.807, 2.05) is 58.0 Å². The van der Waals surface area contributed by atoms with Crippen LogP contribution in [0.25, 0.3) is 0 Å². The average molecular weight is 463 g/mol. The largest absolute Gasteiger partial charge is 0.354 e. The minimum atomic E-state index is -0.543. The second-order valence-electron chi connectivity index (χ2n) is 8.32. The number of aryl methyl sites for hydroxylation is 2. The number of nitrogens with zero attached hydrogens (tertiary/aromatic N) is 1. The van der Waals surface area contributed by atoms with Crippen LogP contribution in [0.2, 0.25) is 10.0 Å². The Morgan fingerprint density at radius 1 is 1.00 bits per heavy atom. The molecule has 0 aliphatic rings. The van der Waals surface area contributed by atoms with Gasteiger partial charge in [0.05, 0.1) is 10.0 Å². The van der Waals surface area contributed by atoms with Crippen LogP contribution in [0.5, 0.6) is 0 Å². The van der Waals surface area contributed by atoms with Crippen molar-refractivity contribution >= 4 is 35.0 Å². The van der Waals surface area contributed by atoms with E-state index in [1.54, 1.807) is 17.0 Å². The molecule has 0 unspecified atom stereocenters. The van der Waals surface area contributed by atoms with Crippen molar-refractivity contribution in [3.8, 4) is 0 Å². The van der Waals surface area contributed by atoms with E-state index in [9.17, 15) is 9.59 Å². The molecule has 4 nitrogen and oxygen atoms in total. The van der Waals surface area contributed by atoms with Crippen molar-refractivity contribution in [3.05, 3.63) is 69.2 Å². The lowest BCUT2D eigenvalue weighted by atomic mass is 10.0. The van der Waals surface area contributed by atoms with Crippen LogP contribution in [0.1, 0.15) is 50.3 Å². The molecule has 0 spiro atoms. The van der Waals surface area contributed by atoms with Crippen molar-refractivity contribution in [1.29, 1.82) is 0 Å². The van der Waals surface area contributed by atoms with E-state index in [0.717, 1.165) is 11.1 Å². The van der Waals surface area contributed by atoms with Crippen LogP contribution in [0.15, 0.2) is 42.5 Å². The van der Waals surface area contributed by atoms with Gasteiger partial charge in [0.1, 0.15) is 6.04 Å². The van der Waals surface area contributed by atoms with Gasteiger partial charge in [-0.25, -0.2) is 0 Å². The van der Waals surface area contributed by atoms with Crippen molar-refractivity contribution in [2.24, 2.45) is 5.92 Å². The van der Waals surface area contributed by atoms with E-state index >= 15 is 0 Å². The zero-order chi connectivity index (χ0) is 23.0. The Hall–Kier alpha value is -2.04. The number of hydrogen-bond acceptors (Lipinski definition) is 2. The molecular weight excluding hydrogens is 431 g/mol. The molecule has 0 aliphatic carbocycles. The zero-order valence-corrected chi connectivity index (χ0v) is 20.3. The minimum Gasteiger partial charge on any atom is -0.354 e. The fourth-order valence-corrected chi connectivity index (χ4v) is 3.65. The van der Waals surface area contributed by atoms with Gasteiger partial charge in [-0.15, -0.1) is 0 Å². The monoisotopic (exact) mass is 462 g/mol. The second kappa shape index (κ2) is 12.1. The fraction of sp³-hybridized carbons (Fsp3) is 0.440. The van der Waals surface area contributed by atoms with Gasteiger partial charge in [0, 0.05) is 19.5 Å². The lowest BCUT2D eigenvalue weighted by Crippen LogP contribution is -2.49. The van der Waals surface area contributed by atoms with Crippen molar-refractivity contribution in [1.82, 2.24) is 10.2 Å². The third kappa shape index (κ3) is 7.86. The summed E-state index contributed by atoms with van der Waals surface area (Å²) in [6.45, 7) is 8.93. The normalized spacial score (nSPS) is 12.0. The first-order chi connectivity index (χ1) is 14.7. The molecule has 0 aromatic heterocycles. The van der Waals surface area contributed by atoms with Gasteiger partial charge in [-0.1, -0.05) is 79.9 Å². The summed E-state index contributed by atoms with van der Waals surface area (Å²) in [4.78, 5) is 27.8. The summed E-state index contributed by atoms with van der Waals surface area (Å²) in [6.07, 6.45) is 1.49. The number of amides is 2. The molecule has 31 heavy (non-hydrogen) atoms. The molecule has 0 radical (unpaired) electrons. The first-order valence-corrected chi connectivity index (χ1v) is 11.5. The quantitative estimate of drug-likeness (QED) is 0.483. The Labute approximate surface area is 195 Å². The molecular formula is C25H32Cl2N2O2. The standard InChI is InChI=1S/C25H32Cl2N2O2/c1-5-23(25(31)28-15-17(2)3)29(16-20-10-12-21(26)22(27)14-20)24(30)13-11-19-8-6-18(4)7-9-19/h6-10,12,14,17,23H,5,11,13,15-16H2,1-4H3,(H,28,31)/t23-/m0/s1.